The minimum atomic E-state index is -3.70. The average molecular weight is 367 g/mol. The van der Waals surface area contributed by atoms with E-state index in [2.05, 4.69) is 16.7 Å². The van der Waals surface area contributed by atoms with Crippen LogP contribution in [0.5, 0.6) is 0 Å². The predicted molar refractivity (Wildman–Crippen MR) is 92.2 cm³/mol. The van der Waals surface area contributed by atoms with Gasteiger partial charge in [0.25, 0.3) is 0 Å². The molecule has 8 heteroatoms. The first kappa shape index (κ1) is 17.1. The fraction of sp³-hybridized carbons (Fsp3) is 0.375. The highest BCUT2D eigenvalue weighted by Gasteiger charge is 2.30. The summed E-state index contributed by atoms with van der Waals surface area (Å²) in [6, 6.07) is 6.24. The first-order valence-electron chi connectivity index (χ1n) is 7.68. The molecule has 1 saturated carbocycles. The molecule has 1 aliphatic rings. The van der Waals surface area contributed by atoms with E-state index in [4.69, 9.17) is 11.6 Å². The Labute approximate surface area is 146 Å². The number of hydrogen-bond acceptors (Lipinski definition) is 4. The maximum atomic E-state index is 12.9. The Hall–Kier alpha value is -1.70. The number of aromatic nitrogens is 3. The Morgan fingerprint density at radius 2 is 2.21 bits per heavy atom. The second-order valence-electron chi connectivity index (χ2n) is 5.83. The van der Waals surface area contributed by atoms with E-state index < -0.39 is 10.0 Å². The van der Waals surface area contributed by atoms with Crippen LogP contribution in [-0.4, -0.2) is 34.0 Å². The molecular weight excluding hydrogens is 348 g/mol. The van der Waals surface area contributed by atoms with Gasteiger partial charge in [0, 0.05) is 24.5 Å². The van der Waals surface area contributed by atoms with Crippen molar-refractivity contribution in [2.75, 3.05) is 6.54 Å². The molecule has 1 aliphatic carbocycles. The summed E-state index contributed by atoms with van der Waals surface area (Å²) in [6.07, 6.45) is 3.75. The van der Waals surface area contributed by atoms with Crippen molar-refractivity contribution < 1.29 is 8.42 Å². The molecule has 1 aromatic carbocycles. The van der Waals surface area contributed by atoms with E-state index in [1.165, 1.54) is 16.4 Å². The largest absolute Gasteiger partial charge is 0.252 e. The fourth-order valence-corrected chi connectivity index (χ4v) is 4.08. The smallest absolute Gasteiger partial charge is 0.243 e. The Kier molecular flexibility index (Phi) is 4.76. The number of nitrogens with zero attached hydrogens (tertiary/aromatic N) is 4. The SMILES string of the molecule is C=CCN(Cc1nc(C2CC2)nn1C)S(=O)(=O)c1cccc(Cl)c1. The third-order valence-corrected chi connectivity index (χ3v) is 5.94. The van der Waals surface area contributed by atoms with Crippen molar-refractivity contribution in [2.45, 2.75) is 30.2 Å². The van der Waals surface area contributed by atoms with Crippen LogP contribution in [0.15, 0.2) is 41.8 Å². The molecule has 0 saturated heterocycles. The maximum absolute atomic E-state index is 12.9. The van der Waals surface area contributed by atoms with Gasteiger partial charge in [-0.25, -0.2) is 13.4 Å². The Morgan fingerprint density at radius 1 is 1.46 bits per heavy atom. The summed E-state index contributed by atoms with van der Waals surface area (Å²) in [5, 5.41) is 4.77. The van der Waals surface area contributed by atoms with Gasteiger partial charge in [0.05, 0.1) is 11.4 Å². The normalized spacial score (nSPS) is 15.0. The van der Waals surface area contributed by atoms with Crippen molar-refractivity contribution >= 4 is 21.6 Å². The van der Waals surface area contributed by atoms with Crippen LogP contribution < -0.4 is 0 Å². The van der Waals surface area contributed by atoms with Gasteiger partial charge in [0.15, 0.2) is 5.82 Å². The molecule has 0 spiro atoms. The van der Waals surface area contributed by atoms with E-state index >= 15 is 0 Å². The van der Waals surface area contributed by atoms with Gasteiger partial charge in [-0.3, -0.25) is 4.68 Å². The number of sulfonamides is 1. The third-order valence-electron chi connectivity index (χ3n) is 3.90. The van der Waals surface area contributed by atoms with E-state index in [0.717, 1.165) is 18.7 Å². The third kappa shape index (κ3) is 3.53. The van der Waals surface area contributed by atoms with Crippen LogP contribution in [0.1, 0.15) is 30.4 Å². The lowest BCUT2D eigenvalue weighted by Gasteiger charge is -2.20. The Morgan fingerprint density at radius 3 is 2.83 bits per heavy atom. The first-order valence-corrected chi connectivity index (χ1v) is 9.50. The molecule has 128 valence electrons. The standard InChI is InChI=1S/C16H19ClN4O2S/c1-3-9-21(24(22,23)14-6-4-5-13(17)10-14)11-15-18-16(12-7-8-12)19-20(15)2/h3-6,10,12H,1,7-9,11H2,2H3. The van der Waals surface area contributed by atoms with Crippen LogP contribution in [0.25, 0.3) is 0 Å². The van der Waals surface area contributed by atoms with Gasteiger partial charge in [0.1, 0.15) is 5.82 Å². The molecule has 0 unspecified atom stereocenters. The van der Waals surface area contributed by atoms with Crippen LogP contribution in [0.3, 0.4) is 0 Å². The topological polar surface area (TPSA) is 68.1 Å². The predicted octanol–water partition coefficient (Wildman–Crippen LogP) is 2.72. The quantitative estimate of drug-likeness (QED) is 0.706. The zero-order valence-corrected chi connectivity index (χ0v) is 15.0. The van der Waals surface area contributed by atoms with E-state index in [0.29, 0.717) is 16.8 Å². The highest BCUT2D eigenvalue weighted by molar-refractivity contribution is 7.89. The van der Waals surface area contributed by atoms with Crippen molar-refractivity contribution in [2.24, 2.45) is 7.05 Å². The average Bonchev–Trinajstić information content (AvgIpc) is 3.32. The van der Waals surface area contributed by atoms with Crippen LogP contribution in [0.2, 0.25) is 5.02 Å². The summed E-state index contributed by atoms with van der Waals surface area (Å²) >= 11 is 5.93. The molecule has 0 aliphatic heterocycles. The number of halogens is 1. The molecule has 24 heavy (non-hydrogen) atoms. The van der Waals surface area contributed by atoms with Gasteiger partial charge in [0.2, 0.25) is 10.0 Å². The molecule has 0 radical (unpaired) electrons. The van der Waals surface area contributed by atoms with Crippen molar-refractivity contribution in [3.8, 4) is 0 Å². The number of benzene rings is 1. The highest BCUT2D eigenvalue weighted by atomic mass is 35.5. The van der Waals surface area contributed by atoms with Crippen molar-refractivity contribution in [3.05, 3.63) is 53.6 Å². The van der Waals surface area contributed by atoms with E-state index in [1.54, 1.807) is 29.9 Å². The fourth-order valence-electron chi connectivity index (χ4n) is 2.42. The highest BCUT2D eigenvalue weighted by Crippen LogP contribution is 2.38. The van der Waals surface area contributed by atoms with Crippen molar-refractivity contribution in [1.29, 1.82) is 0 Å². The molecule has 3 rings (SSSR count). The van der Waals surface area contributed by atoms with Crippen LogP contribution >= 0.6 is 11.6 Å². The minimum absolute atomic E-state index is 0.136. The van der Waals surface area contributed by atoms with Gasteiger partial charge in [-0.05, 0) is 31.0 Å². The van der Waals surface area contributed by atoms with Gasteiger partial charge in [-0.2, -0.15) is 9.40 Å². The molecule has 0 bridgehead atoms. The summed E-state index contributed by atoms with van der Waals surface area (Å²) in [6.45, 7) is 3.97. The number of aryl methyl sites for hydroxylation is 1. The zero-order valence-electron chi connectivity index (χ0n) is 13.4. The summed E-state index contributed by atoms with van der Waals surface area (Å²) < 4.78 is 28.8. The van der Waals surface area contributed by atoms with Gasteiger partial charge in [-0.1, -0.05) is 23.7 Å². The van der Waals surface area contributed by atoms with Gasteiger partial charge < -0.3 is 0 Å². The monoisotopic (exact) mass is 366 g/mol. The molecule has 0 N–H and O–H groups in total. The summed E-state index contributed by atoms with van der Waals surface area (Å²) in [5.74, 6) is 1.83. The lowest BCUT2D eigenvalue weighted by molar-refractivity contribution is 0.420. The summed E-state index contributed by atoms with van der Waals surface area (Å²) in [5.41, 5.74) is 0. The summed E-state index contributed by atoms with van der Waals surface area (Å²) in [7, 11) is -1.92. The Balaban J connectivity index is 1.90. The number of rotatable bonds is 7. The van der Waals surface area contributed by atoms with Crippen molar-refractivity contribution in [1.82, 2.24) is 19.1 Å². The van der Waals surface area contributed by atoms with E-state index in [1.807, 2.05) is 0 Å². The summed E-state index contributed by atoms with van der Waals surface area (Å²) in [4.78, 5) is 4.66. The maximum Gasteiger partial charge on any atom is 0.243 e. The molecule has 1 fully saturated rings. The molecule has 2 aromatic rings. The molecule has 1 aromatic heterocycles. The molecule has 1 heterocycles. The van der Waals surface area contributed by atoms with E-state index in [-0.39, 0.29) is 18.0 Å². The lowest BCUT2D eigenvalue weighted by atomic mass is 10.4. The van der Waals surface area contributed by atoms with Crippen LogP contribution in [0.4, 0.5) is 0 Å². The lowest BCUT2D eigenvalue weighted by Crippen LogP contribution is -2.32. The number of hydrogen-bond donors (Lipinski definition) is 0. The molecule has 6 nitrogen and oxygen atoms in total. The molecule has 0 atom stereocenters. The van der Waals surface area contributed by atoms with Crippen LogP contribution in [-0.2, 0) is 23.6 Å². The molecule has 0 amide bonds. The first-order chi connectivity index (χ1) is 11.4. The van der Waals surface area contributed by atoms with Gasteiger partial charge in [-0.15, -0.1) is 6.58 Å². The van der Waals surface area contributed by atoms with E-state index in [9.17, 15) is 8.42 Å². The van der Waals surface area contributed by atoms with Gasteiger partial charge >= 0.3 is 0 Å². The molecular formula is C16H19ClN4O2S. The second kappa shape index (κ2) is 6.66. The zero-order chi connectivity index (χ0) is 17.3. The van der Waals surface area contributed by atoms with Crippen LogP contribution in [0, 0.1) is 0 Å². The van der Waals surface area contributed by atoms with Crippen molar-refractivity contribution in [3.63, 3.8) is 0 Å². The minimum Gasteiger partial charge on any atom is -0.252 e. The Bertz CT molecular complexity index is 859. The second-order valence-corrected chi connectivity index (χ2v) is 8.20.